The average molecular weight is 289 g/mol. The number of hydrazine groups is 1. The van der Waals surface area contributed by atoms with E-state index >= 15 is 0 Å². The normalized spacial score (nSPS) is 13.0. The Kier molecular flexibility index (Phi) is 5.64. The lowest BCUT2D eigenvalue weighted by Crippen LogP contribution is -2.39. The van der Waals surface area contributed by atoms with Gasteiger partial charge in [0.15, 0.2) is 6.29 Å². The van der Waals surface area contributed by atoms with Gasteiger partial charge in [-0.1, -0.05) is 12.1 Å². The Morgan fingerprint density at radius 2 is 1.86 bits per heavy atom. The SMILES string of the molecule is CCOC(OCC)C(NN)c1ccc2nc(C)ccc2c1. The Bertz CT molecular complexity index is 583. The topological polar surface area (TPSA) is 69.4 Å². The molecule has 1 aromatic heterocycles. The number of nitrogens with one attached hydrogen (secondary N) is 1. The molecule has 0 amide bonds. The van der Waals surface area contributed by atoms with Crippen molar-refractivity contribution in [1.29, 1.82) is 0 Å². The van der Waals surface area contributed by atoms with E-state index in [1.807, 2.05) is 39.0 Å². The Balaban J connectivity index is 2.34. The molecule has 1 unspecified atom stereocenters. The first-order valence-electron chi connectivity index (χ1n) is 7.26. The van der Waals surface area contributed by atoms with Crippen LogP contribution in [-0.2, 0) is 9.47 Å². The second-order valence-corrected chi connectivity index (χ2v) is 4.83. The molecule has 0 spiro atoms. The maximum absolute atomic E-state index is 5.71. The first kappa shape index (κ1) is 15.9. The minimum atomic E-state index is -0.416. The third-order valence-corrected chi connectivity index (χ3v) is 3.33. The first-order chi connectivity index (χ1) is 10.2. The molecule has 5 nitrogen and oxygen atoms in total. The highest BCUT2D eigenvalue weighted by Crippen LogP contribution is 2.23. The van der Waals surface area contributed by atoms with E-state index in [-0.39, 0.29) is 6.04 Å². The molecular formula is C16H23N3O2. The maximum atomic E-state index is 5.71. The first-order valence-corrected chi connectivity index (χ1v) is 7.26. The lowest BCUT2D eigenvalue weighted by Gasteiger charge is -2.26. The van der Waals surface area contributed by atoms with Crippen LogP contribution in [-0.4, -0.2) is 24.5 Å². The summed E-state index contributed by atoms with van der Waals surface area (Å²) < 4.78 is 11.3. The summed E-state index contributed by atoms with van der Waals surface area (Å²) >= 11 is 0. The second-order valence-electron chi connectivity index (χ2n) is 4.83. The molecule has 2 rings (SSSR count). The number of fused-ring (bicyclic) bond motifs is 1. The fourth-order valence-electron chi connectivity index (χ4n) is 2.34. The van der Waals surface area contributed by atoms with E-state index in [4.69, 9.17) is 15.3 Å². The van der Waals surface area contributed by atoms with Gasteiger partial charge in [-0.2, -0.15) is 0 Å². The van der Waals surface area contributed by atoms with Crippen LogP contribution in [0.3, 0.4) is 0 Å². The molecule has 0 fully saturated rings. The van der Waals surface area contributed by atoms with Crippen LogP contribution in [0.5, 0.6) is 0 Å². The number of nitrogens with two attached hydrogens (primary N) is 1. The standard InChI is InChI=1S/C16H23N3O2/c1-4-20-16(21-5-2)15(19-17)13-8-9-14-12(10-13)7-6-11(3)18-14/h6-10,15-16,19H,4-5,17H2,1-3H3. The van der Waals surface area contributed by atoms with Crippen LogP contribution in [0.2, 0.25) is 0 Å². The fraction of sp³-hybridized carbons (Fsp3) is 0.438. The number of pyridine rings is 1. The lowest BCUT2D eigenvalue weighted by molar-refractivity contribution is -0.155. The summed E-state index contributed by atoms with van der Waals surface area (Å²) in [5.74, 6) is 5.71. The summed E-state index contributed by atoms with van der Waals surface area (Å²) in [6.45, 7) is 6.99. The molecule has 3 N–H and O–H groups in total. The van der Waals surface area contributed by atoms with Crippen molar-refractivity contribution in [2.45, 2.75) is 33.1 Å². The zero-order valence-corrected chi connectivity index (χ0v) is 12.8. The van der Waals surface area contributed by atoms with Crippen molar-refractivity contribution >= 4 is 10.9 Å². The monoisotopic (exact) mass is 289 g/mol. The Hall–Kier alpha value is -1.53. The highest BCUT2D eigenvalue weighted by molar-refractivity contribution is 5.79. The van der Waals surface area contributed by atoms with Crippen LogP contribution in [0, 0.1) is 6.92 Å². The number of aromatic nitrogens is 1. The lowest BCUT2D eigenvalue weighted by atomic mass is 10.0. The predicted molar refractivity (Wildman–Crippen MR) is 83.6 cm³/mol. The smallest absolute Gasteiger partial charge is 0.178 e. The van der Waals surface area contributed by atoms with Crippen LogP contribution in [0.1, 0.15) is 31.1 Å². The molecule has 0 radical (unpaired) electrons. The van der Waals surface area contributed by atoms with E-state index < -0.39 is 6.29 Å². The molecule has 5 heteroatoms. The van der Waals surface area contributed by atoms with Crippen molar-refractivity contribution in [2.75, 3.05) is 13.2 Å². The van der Waals surface area contributed by atoms with E-state index in [0.717, 1.165) is 22.2 Å². The third-order valence-electron chi connectivity index (χ3n) is 3.33. The average Bonchev–Trinajstić information content (AvgIpc) is 2.48. The Morgan fingerprint density at radius 3 is 2.48 bits per heavy atom. The number of nitrogens with zero attached hydrogens (tertiary/aromatic N) is 1. The van der Waals surface area contributed by atoms with E-state index in [0.29, 0.717) is 13.2 Å². The molecule has 1 atom stereocenters. The number of rotatable bonds is 7. The molecule has 0 aliphatic carbocycles. The number of hydrogen-bond acceptors (Lipinski definition) is 5. The summed E-state index contributed by atoms with van der Waals surface area (Å²) in [4.78, 5) is 4.51. The number of aryl methyl sites for hydroxylation is 1. The minimum Gasteiger partial charge on any atom is -0.351 e. The van der Waals surface area contributed by atoms with Crippen LogP contribution < -0.4 is 11.3 Å². The highest BCUT2D eigenvalue weighted by Gasteiger charge is 2.23. The van der Waals surface area contributed by atoms with E-state index in [2.05, 4.69) is 22.5 Å². The molecule has 2 aromatic rings. The predicted octanol–water partition coefficient (Wildman–Crippen LogP) is 2.45. The van der Waals surface area contributed by atoms with Crippen molar-refractivity contribution in [2.24, 2.45) is 5.84 Å². The summed E-state index contributed by atoms with van der Waals surface area (Å²) in [5, 5.41) is 1.07. The van der Waals surface area contributed by atoms with Crippen molar-refractivity contribution in [3.63, 3.8) is 0 Å². The van der Waals surface area contributed by atoms with Crippen molar-refractivity contribution in [3.8, 4) is 0 Å². The van der Waals surface area contributed by atoms with Gasteiger partial charge in [-0.15, -0.1) is 0 Å². The quantitative estimate of drug-likeness (QED) is 0.465. The Morgan fingerprint density at radius 1 is 1.14 bits per heavy atom. The molecule has 0 saturated carbocycles. The molecule has 0 aliphatic rings. The second kappa shape index (κ2) is 7.47. The third kappa shape index (κ3) is 3.77. The molecule has 0 aliphatic heterocycles. The molecule has 21 heavy (non-hydrogen) atoms. The van der Waals surface area contributed by atoms with E-state index in [9.17, 15) is 0 Å². The molecule has 114 valence electrons. The largest absolute Gasteiger partial charge is 0.351 e. The molecule has 1 aromatic carbocycles. The number of hydrogen-bond donors (Lipinski definition) is 2. The zero-order chi connectivity index (χ0) is 15.2. The van der Waals surface area contributed by atoms with Crippen LogP contribution >= 0.6 is 0 Å². The minimum absolute atomic E-state index is 0.226. The maximum Gasteiger partial charge on any atom is 0.178 e. The van der Waals surface area contributed by atoms with Gasteiger partial charge in [0.1, 0.15) is 0 Å². The molecule has 1 heterocycles. The molecular weight excluding hydrogens is 266 g/mol. The summed E-state index contributed by atoms with van der Waals surface area (Å²) in [6, 6.07) is 9.90. The highest BCUT2D eigenvalue weighted by atomic mass is 16.7. The zero-order valence-electron chi connectivity index (χ0n) is 12.8. The van der Waals surface area contributed by atoms with Crippen molar-refractivity contribution < 1.29 is 9.47 Å². The van der Waals surface area contributed by atoms with Gasteiger partial charge in [0, 0.05) is 24.3 Å². The van der Waals surface area contributed by atoms with Crippen LogP contribution in [0.15, 0.2) is 30.3 Å². The van der Waals surface area contributed by atoms with E-state index in [1.165, 1.54) is 0 Å². The summed E-state index contributed by atoms with van der Waals surface area (Å²) in [6.07, 6.45) is -0.416. The molecule has 0 saturated heterocycles. The van der Waals surface area contributed by atoms with E-state index in [1.54, 1.807) is 0 Å². The van der Waals surface area contributed by atoms with Crippen LogP contribution in [0.25, 0.3) is 10.9 Å². The number of benzene rings is 1. The van der Waals surface area contributed by atoms with Gasteiger partial charge in [-0.05, 0) is 44.5 Å². The van der Waals surface area contributed by atoms with Crippen LogP contribution in [0.4, 0.5) is 0 Å². The number of ether oxygens (including phenoxy) is 2. The van der Waals surface area contributed by atoms with Gasteiger partial charge in [0.05, 0.1) is 11.6 Å². The van der Waals surface area contributed by atoms with Crippen molar-refractivity contribution in [1.82, 2.24) is 10.4 Å². The fourth-order valence-corrected chi connectivity index (χ4v) is 2.34. The molecule has 0 bridgehead atoms. The van der Waals surface area contributed by atoms with Gasteiger partial charge >= 0.3 is 0 Å². The van der Waals surface area contributed by atoms with Gasteiger partial charge in [-0.3, -0.25) is 10.8 Å². The van der Waals surface area contributed by atoms with Gasteiger partial charge < -0.3 is 9.47 Å². The van der Waals surface area contributed by atoms with Gasteiger partial charge in [0.2, 0.25) is 0 Å². The summed E-state index contributed by atoms with van der Waals surface area (Å²) in [5.41, 5.74) is 5.79. The van der Waals surface area contributed by atoms with Crippen molar-refractivity contribution in [3.05, 3.63) is 41.6 Å². The van der Waals surface area contributed by atoms with Gasteiger partial charge in [0.25, 0.3) is 0 Å². The van der Waals surface area contributed by atoms with Gasteiger partial charge in [-0.25, -0.2) is 5.43 Å². The Labute approximate surface area is 125 Å². The summed E-state index contributed by atoms with van der Waals surface area (Å²) in [7, 11) is 0.